The van der Waals surface area contributed by atoms with E-state index in [0.717, 1.165) is 16.4 Å². The van der Waals surface area contributed by atoms with Gasteiger partial charge in [-0.2, -0.15) is 4.37 Å². The lowest BCUT2D eigenvalue weighted by molar-refractivity contribution is 0.627. The molecule has 0 unspecified atom stereocenters. The summed E-state index contributed by atoms with van der Waals surface area (Å²) in [4.78, 5) is 4.44. The zero-order chi connectivity index (χ0) is 11.5. The minimum atomic E-state index is -0.210. The van der Waals surface area contributed by atoms with Crippen molar-refractivity contribution in [3.63, 3.8) is 0 Å². The van der Waals surface area contributed by atoms with E-state index < -0.39 is 0 Å². The molecule has 2 aromatic rings. The maximum Gasteiger partial charge on any atom is 0.146 e. The van der Waals surface area contributed by atoms with Crippen molar-refractivity contribution in [2.45, 2.75) is 26.2 Å². The predicted octanol–water partition coefficient (Wildman–Crippen LogP) is 3.39. The molecule has 0 amide bonds. The highest BCUT2D eigenvalue weighted by Gasteiger charge is 2.07. The van der Waals surface area contributed by atoms with Gasteiger partial charge in [0.1, 0.15) is 16.6 Å². The fraction of sp³-hybridized carbons (Fsp3) is 0.333. The summed E-state index contributed by atoms with van der Waals surface area (Å²) in [6, 6.07) is 6.47. The quantitative estimate of drug-likeness (QED) is 0.816. The molecule has 0 aliphatic heterocycles. The molecular weight excluding hydrogens is 223 g/mol. The number of hydrogen-bond donors (Lipinski definition) is 0. The number of benzene rings is 1. The lowest BCUT2D eigenvalue weighted by atomic mass is 10.1. The molecular formula is C12H13FN2S. The fourth-order valence-electron chi connectivity index (χ4n) is 1.36. The van der Waals surface area contributed by atoms with Gasteiger partial charge in [-0.05, 0) is 29.2 Å². The molecule has 0 spiro atoms. The summed E-state index contributed by atoms with van der Waals surface area (Å²) in [5.74, 6) is 1.03. The summed E-state index contributed by atoms with van der Waals surface area (Å²) in [6.45, 7) is 4.20. The second kappa shape index (κ2) is 4.70. The smallest absolute Gasteiger partial charge is 0.146 e. The molecule has 2 rings (SSSR count). The first-order valence-electron chi connectivity index (χ1n) is 5.22. The average Bonchev–Trinajstić information content (AvgIpc) is 2.70. The SMILES string of the molecule is CC(C)c1nc(Cc2ccc(F)cc2)ns1. The summed E-state index contributed by atoms with van der Waals surface area (Å²) in [7, 11) is 0. The van der Waals surface area contributed by atoms with Gasteiger partial charge in [0, 0.05) is 12.3 Å². The van der Waals surface area contributed by atoms with Gasteiger partial charge in [-0.1, -0.05) is 26.0 Å². The molecule has 0 aliphatic rings. The Morgan fingerprint density at radius 1 is 1.25 bits per heavy atom. The van der Waals surface area contributed by atoms with Crippen LogP contribution in [0.25, 0.3) is 0 Å². The summed E-state index contributed by atoms with van der Waals surface area (Å²) in [5, 5.41) is 1.05. The van der Waals surface area contributed by atoms with Crippen molar-refractivity contribution in [2.75, 3.05) is 0 Å². The molecule has 1 aromatic carbocycles. The molecule has 2 nitrogen and oxygen atoms in total. The molecule has 1 heterocycles. The summed E-state index contributed by atoms with van der Waals surface area (Å²) in [6.07, 6.45) is 0.670. The lowest BCUT2D eigenvalue weighted by Crippen LogP contribution is -1.92. The minimum absolute atomic E-state index is 0.210. The van der Waals surface area contributed by atoms with Crippen molar-refractivity contribution in [3.05, 3.63) is 46.5 Å². The molecule has 16 heavy (non-hydrogen) atoms. The van der Waals surface area contributed by atoms with Gasteiger partial charge in [-0.3, -0.25) is 0 Å². The normalized spacial score (nSPS) is 11.0. The second-order valence-corrected chi connectivity index (χ2v) is 4.79. The first-order chi connectivity index (χ1) is 7.65. The summed E-state index contributed by atoms with van der Waals surface area (Å²) < 4.78 is 17.0. The molecule has 4 heteroatoms. The minimum Gasteiger partial charge on any atom is -0.224 e. The van der Waals surface area contributed by atoms with Crippen molar-refractivity contribution in [1.29, 1.82) is 0 Å². The molecule has 84 valence electrons. The van der Waals surface area contributed by atoms with Gasteiger partial charge in [0.2, 0.25) is 0 Å². The number of halogens is 1. The second-order valence-electron chi connectivity index (χ2n) is 4.01. The number of rotatable bonds is 3. The molecule has 0 saturated carbocycles. The molecule has 0 atom stereocenters. The van der Waals surface area contributed by atoms with Gasteiger partial charge in [0.05, 0.1) is 0 Å². The zero-order valence-electron chi connectivity index (χ0n) is 9.27. The summed E-state index contributed by atoms with van der Waals surface area (Å²) in [5.41, 5.74) is 1.04. The Bertz CT molecular complexity index is 462. The van der Waals surface area contributed by atoms with Crippen LogP contribution in [0, 0.1) is 5.82 Å². The van der Waals surface area contributed by atoms with Gasteiger partial charge in [0.15, 0.2) is 0 Å². The van der Waals surface area contributed by atoms with E-state index in [4.69, 9.17) is 0 Å². The van der Waals surface area contributed by atoms with Crippen molar-refractivity contribution < 1.29 is 4.39 Å². The highest BCUT2D eigenvalue weighted by atomic mass is 32.1. The molecule has 0 bridgehead atoms. The third-order valence-electron chi connectivity index (χ3n) is 2.25. The number of nitrogens with zero attached hydrogens (tertiary/aromatic N) is 2. The monoisotopic (exact) mass is 236 g/mol. The zero-order valence-corrected chi connectivity index (χ0v) is 10.1. The molecule has 0 aliphatic carbocycles. The maximum absolute atomic E-state index is 12.7. The van der Waals surface area contributed by atoms with Crippen LogP contribution in [0.15, 0.2) is 24.3 Å². The Kier molecular flexibility index (Phi) is 3.29. The van der Waals surface area contributed by atoms with Crippen molar-refractivity contribution >= 4 is 11.5 Å². The van der Waals surface area contributed by atoms with E-state index in [9.17, 15) is 4.39 Å². The van der Waals surface area contributed by atoms with Gasteiger partial charge in [-0.25, -0.2) is 9.37 Å². The van der Waals surface area contributed by atoms with E-state index in [-0.39, 0.29) is 5.82 Å². The fourth-order valence-corrected chi connectivity index (χ4v) is 2.02. The van der Waals surface area contributed by atoms with Crippen LogP contribution in [-0.2, 0) is 6.42 Å². The van der Waals surface area contributed by atoms with Crippen LogP contribution in [0.4, 0.5) is 4.39 Å². The maximum atomic E-state index is 12.7. The van der Waals surface area contributed by atoms with Crippen molar-refractivity contribution in [3.8, 4) is 0 Å². The third kappa shape index (κ3) is 2.64. The van der Waals surface area contributed by atoms with Crippen molar-refractivity contribution in [1.82, 2.24) is 9.36 Å². The Morgan fingerprint density at radius 2 is 1.94 bits per heavy atom. The van der Waals surface area contributed by atoms with Crippen LogP contribution in [0.3, 0.4) is 0 Å². The van der Waals surface area contributed by atoms with E-state index in [1.807, 2.05) is 0 Å². The van der Waals surface area contributed by atoms with E-state index in [1.54, 1.807) is 12.1 Å². The van der Waals surface area contributed by atoms with Crippen LogP contribution < -0.4 is 0 Å². The van der Waals surface area contributed by atoms with Crippen LogP contribution >= 0.6 is 11.5 Å². The van der Waals surface area contributed by atoms with E-state index in [0.29, 0.717) is 12.3 Å². The van der Waals surface area contributed by atoms with Gasteiger partial charge >= 0.3 is 0 Å². The third-order valence-corrected chi connectivity index (χ3v) is 3.30. The van der Waals surface area contributed by atoms with Crippen LogP contribution in [0.2, 0.25) is 0 Å². The summed E-state index contributed by atoms with van der Waals surface area (Å²) >= 11 is 1.44. The Morgan fingerprint density at radius 3 is 2.50 bits per heavy atom. The topological polar surface area (TPSA) is 25.8 Å². The van der Waals surface area contributed by atoms with Crippen molar-refractivity contribution in [2.24, 2.45) is 0 Å². The Labute approximate surface area is 98.3 Å². The number of hydrogen-bond acceptors (Lipinski definition) is 3. The molecule has 0 radical (unpaired) electrons. The van der Waals surface area contributed by atoms with Crippen LogP contribution in [0.5, 0.6) is 0 Å². The van der Waals surface area contributed by atoms with Crippen LogP contribution in [0.1, 0.15) is 36.2 Å². The lowest BCUT2D eigenvalue weighted by Gasteiger charge is -1.97. The van der Waals surface area contributed by atoms with E-state index in [1.165, 1.54) is 23.7 Å². The van der Waals surface area contributed by atoms with Gasteiger partial charge in [-0.15, -0.1) is 0 Å². The molecule has 0 saturated heterocycles. The molecule has 0 N–H and O–H groups in total. The Balaban J connectivity index is 2.11. The molecule has 0 fully saturated rings. The van der Waals surface area contributed by atoms with E-state index >= 15 is 0 Å². The predicted molar refractivity (Wildman–Crippen MR) is 63.2 cm³/mol. The largest absolute Gasteiger partial charge is 0.224 e. The molecule has 1 aromatic heterocycles. The van der Waals surface area contributed by atoms with E-state index in [2.05, 4.69) is 23.2 Å². The first-order valence-corrected chi connectivity index (χ1v) is 5.99. The highest BCUT2D eigenvalue weighted by molar-refractivity contribution is 7.05. The highest BCUT2D eigenvalue weighted by Crippen LogP contribution is 2.17. The van der Waals surface area contributed by atoms with Gasteiger partial charge in [0.25, 0.3) is 0 Å². The van der Waals surface area contributed by atoms with Crippen LogP contribution in [-0.4, -0.2) is 9.36 Å². The van der Waals surface area contributed by atoms with Gasteiger partial charge < -0.3 is 0 Å². The Hall–Kier alpha value is -1.29. The average molecular weight is 236 g/mol. The first kappa shape index (κ1) is 11.2. The number of aromatic nitrogens is 2. The standard InChI is InChI=1S/C12H13FN2S/c1-8(2)12-14-11(15-16-12)7-9-3-5-10(13)6-4-9/h3-6,8H,7H2,1-2H3.